The number of methoxy groups -OCH3 is 1. The summed E-state index contributed by atoms with van der Waals surface area (Å²) < 4.78 is 35.0. The molecule has 3 N–H and O–H groups in total. The number of unbranched alkanes of at least 4 members (excludes halogenated alkanes) is 2. The summed E-state index contributed by atoms with van der Waals surface area (Å²) in [5.41, 5.74) is 11.1. The van der Waals surface area contributed by atoms with Crippen LogP contribution >= 0.6 is 21.6 Å². The first-order valence-corrected chi connectivity index (χ1v) is 23.4. The maximum atomic E-state index is 13.7. The van der Waals surface area contributed by atoms with Crippen LogP contribution in [-0.2, 0) is 52.8 Å². The fourth-order valence-electron chi connectivity index (χ4n) is 6.90. The van der Waals surface area contributed by atoms with E-state index in [1.165, 1.54) is 0 Å². The van der Waals surface area contributed by atoms with Gasteiger partial charge in [0.05, 0.1) is 82.9 Å². The van der Waals surface area contributed by atoms with E-state index >= 15 is 0 Å². The Kier molecular flexibility index (Phi) is 21.7. The van der Waals surface area contributed by atoms with Crippen molar-refractivity contribution in [2.24, 2.45) is 5.73 Å². The van der Waals surface area contributed by atoms with Crippen molar-refractivity contribution in [2.45, 2.75) is 96.5 Å². The topological polar surface area (TPSA) is 162 Å². The molecule has 4 rings (SSSR count). The first-order chi connectivity index (χ1) is 28.7. The quantitative estimate of drug-likeness (QED) is 0.0313. The number of nitrogens with one attached hydrogen (secondary N) is 1. The second-order valence-corrected chi connectivity index (χ2v) is 18.2. The van der Waals surface area contributed by atoms with E-state index in [9.17, 15) is 14.4 Å². The zero-order valence-corrected chi connectivity index (χ0v) is 37.4. The SMILES string of the molecule is CCc1c2c(nc3ccc(OCCCSSC(C)(C)CNC(=O)CCCCCOCCOCCOCCOCCN)cc13)-c1cc(C(C=O)CC)c(COC)c(=O)n1C2. The third kappa shape index (κ3) is 15.1. The lowest BCUT2D eigenvalue weighted by atomic mass is 9.93. The van der Waals surface area contributed by atoms with Crippen molar-refractivity contribution >= 4 is 44.7 Å². The molecule has 1 unspecified atom stereocenters. The van der Waals surface area contributed by atoms with E-state index in [0.29, 0.717) is 97.5 Å². The number of ether oxygens (including phenoxy) is 6. The molecular weight excluding hydrogens is 793 g/mol. The molecule has 13 nitrogen and oxygen atoms in total. The summed E-state index contributed by atoms with van der Waals surface area (Å²) in [5.74, 6) is 1.42. The third-order valence-electron chi connectivity index (χ3n) is 10.0. The fourth-order valence-corrected chi connectivity index (χ4v) is 9.41. The van der Waals surface area contributed by atoms with Crippen molar-refractivity contribution in [1.82, 2.24) is 14.9 Å². The van der Waals surface area contributed by atoms with Crippen molar-refractivity contribution in [3.8, 4) is 17.1 Å². The number of amides is 1. The molecule has 0 spiro atoms. The molecule has 1 aromatic carbocycles. The van der Waals surface area contributed by atoms with E-state index in [-0.39, 0.29) is 28.7 Å². The molecular formula is C44H66N4O9S2. The molecule has 2 aromatic heterocycles. The molecule has 15 heteroatoms. The average Bonchev–Trinajstić information content (AvgIpc) is 3.60. The molecule has 3 aromatic rings. The van der Waals surface area contributed by atoms with Crippen LogP contribution in [0.5, 0.6) is 5.75 Å². The van der Waals surface area contributed by atoms with Gasteiger partial charge in [0.25, 0.3) is 5.56 Å². The van der Waals surface area contributed by atoms with E-state index in [1.54, 1.807) is 33.3 Å². The number of aromatic nitrogens is 2. The van der Waals surface area contributed by atoms with E-state index in [2.05, 4.69) is 32.2 Å². The predicted octanol–water partition coefficient (Wildman–Crippen LogP) is 6.46. The molecule has 0 bridgehead atoms. The molecule has 1 aliphatic rings. The number of benzene rings is 1. The predicted molar refractivity (Wildman–Crippen MR) is 238 cm³/mol. The van der Waals surface area contributed by atoms with Crippen molar-refractivity contribution in [3.63, 3.8) is 0 Å². The Hall–Kier alpha value is -3.02. The number of hydrogen-bond acceptors (Lipinski definition) is 13. The van der Waals surface area contributed by atoms with Crippen LogP contribution in [0.1, 0.15) is 94.4 Å². The molecule has 0 radical (unpaired) electrons. The Bertz CT molecular complexity index is 1820. The summed E-state index contributed by atoms with van der Waals surface area (Å²) in [6.07, 6.45) is 6.39. The summed E-state index contributed by atoms with van der Waals surface area (Å²) in [6, 6.07) is 7.98. The maximum Gasteiger partial charge on any atom is 0.257 e. The minimum atomic E-state index is -0.378. The van der Waals surface area contributed by atoms with Crippen LogP contribution in [-0.4, -0.2) is 112 Å². The Morgan fingerprint density at radius 2 is 1.66 bits per heavy atom. The van der Waals surface area contributed by atoms with Crippen molar-refractivity contribution in [3.05, 3.63) is 56.9 Å². The fraction of sp³-hybridized carbons (Fsp3) is 0.636. The minimum Gasteiger partial charge on any atom is -0.494 e. The standard InChI is InChI=1S/C44H66N4O9S2/c1-6-32(29-49)35-27-40-42-37(28-48(40)43(51)38(35)30-52-5)34(7-2)36-26-33(13-14-39(36)47-42)57-17-11-25-58-59-44(3,4)31-46-41(50)12-9-8-10-16-53-19-21-55-23-24-56-22-20-54-18-15-45/h13-14,26-27,29,32H,6-12,15-25,28,30-31,45H2,1-5H3,(H,46,50). The van der Waals surface area contributed by atoms with Gasteiger partial charge in [-0.05, 0) is 81.3 Å². The number of fused-ring (bicyclic) bond motifs is 4. The number of aryl methyl sites for hydroxylation is 1. The molecule has 1 aliphatic heterocycles. The van der Waals surface area contributed by atoms with Crippen LogP contribution in [0, 0.1) is 0 Å². The van der Waals surface area contributed by atoms with Gasteiger partial charge in [-0.1, -0.05) is 41.9 Å². The smallest absolute Gasteiger partial charge is 0.257 e. The van der Waals surface area contributed by atoms with Gasteiger partial charge in [0, 0.05) is 66.2 Å². The van der Waals surface area contributed by atoms with E-state index < -0.39 is 0 Å². The summed E-state index contributed by atoms with van der Waals surface area (Å²) in [6.45, 7) is 15.1. The maximum absolute atomic E-state index is 13.7. The number of nitrogens with two attached hydrogens (primary N) is 1. The highest BCUT2D eigenvalue weighted by Crippen LogP contribution is 2.39. The van der Waals surface area contributed by atoms with Gasteiger partial charge in [-0.3, -0.25) is 9.59 Å². The number of pyridine rings is 2. The van der Waals surface area contributed by atoms with Crippen molar-refractivity contribution < 1.29 is 38.0 Å². The van der Waals surface area contributed by atoms with Gasteiger partial charge >= 0.3 is 0 Å². The first-order valence-electron chi connectivity index (χ1n) is 21.1. The van der Waals surface area contributed by atoms with Crippen LogP contribution in [0.3, 0.4) is 0 Å². The summed E-state index contributed by atoms with van der Waals surface area (Å²) in [7, 11) is 5.15. The molecule has 0 saturated carbocycles. The molecule has 1 atom stereocenters. The zero-order valence-electron chi connectivity index (χ0n) is 35.8. The van der Waals surface area contributed by atoms with Crippen LogP contribution in [0.4, 0.5) is 0 Å². The van der Waals surface area contributed by atoms with E-state index in [1.807, 2.05) is 25.1 Å². The van der Waals surface area contributed by atoms with Gasteiger partial charge in [0.2, 0.25) is 5.91 Å². The van der Waals surface area contributed by atoms with Gasteiger partial charge in [-0.25, -0.2) is 4.98 Å². The first kappa shape index (κ1) is 48.6. The highest BCUT2D eigenvalue weighted by atomic mass is 33.1. The highest BCUT2D eigenvalue weighted by Gasteiger charge is 2.29. The number of rotatable bonds is 32. The van der Waals surface area contributed by atoms with Gasteiger partial charge < -0.3 is 48.8 Å². The molecule has 0 aliphatic carbocycles. The third-order valence-corrected chi connectivity index (χ3v) is 13.4. The Balaban J connectivity index is 1.12. The molecule has 328 valence electrons. The molecule has 1 amide bonds. The van der Waals surface area contributed by atoms with Crippen LogP contribution < -0.4 is 21.3 Å². The Labute approximate surface area is 357 Å². The van der Waals surface area contributed by atoms with Crippen LogP contribution in [0.25, 0.3) is 22.3 Å². The number of aldehydes is 1. The monoisotopic (exact) mass is 858 g/mol. The second-order valence-electron chi connectivity index (χ2n) is 15.1. The number of carbonyl (C=O) groups is 2. The average molecular weight is 859 g/mol. The number of nitrogens with zero attached hydrogens (tertiary/aromatic N) is 2. The zero-order chi connectivity index (χ0) is 42.5. The summed E-state index contributed by atoms with van der Waals surface area (Å²) in [4.78, 5) is 43.2. The van der Waals surface area contributed by atoms with Crippen LogP contribution in [0.2, 0.25) is 0 Å². The molecule has 0 saturated heterocycles. The Morgan fingerprint density at radius 1 is 0.949 bits per heavy atom. The van der Waals surface area contributed by atoms with Crippen molar-refractivity contribution in [1.29, 1.82) is 0 Å². The Morgan fingerprint density at radius 3 is 2.32 bits per heavy atom. The van der Waals surface area contributed by atoms with Crippen molar-refractivity contribution in [2.75, 3.05) is 85.4 Å². The normalized spacial score (nSPS) is 12.8. The van der Waals surface area contributed by atoms with Gasteiger partial charge in [0.15, 0.2) is 0 Å². The highest BCUT2D eigenvalue weighted by molar-refractivity contribution is 8.77. The van der Waals surface area contributed by atoms with Crippen LogP contribution in [0.15, 0.2) is 29.1 Å². The van der Waals surface area contributed by atoms with Gasteiger partial charge in [0.1, 0.15) is 12.0 Å². The lowest BCUT2D eigenvalue weighted by Crippen LogP contribution is -2.35. The van der Waals surface area contributed by atoms with Gasteiger partial charge in [-0.2, -0.15) is 0 Å². The molecule has 0 fully saturated rings. The van der Waals surface area contributed by atoms with E-state index in [4.69, 9.17) is 39.1 Å². The largest absolute Gasteiger partial charge is 0.494 e. The number of carbonyl (C=O) groups excluding carboxylic acids is 2. The second kappa shape index (κ2) is 26.3. The molecule has 3 heterocycles. The summed E-state index contributed by atoms with van der Waals surface area (Å²) in [5, 5.41) is 4.14. The number of hydrogen-bond donors (Lipinski definition) is 2. The molecule has 59 heavy (non-hydrogen) atoms. The van der Waals surface area contributed by atoms with Gasteiger partial charge in [-0.15, -0.1) is 0 Å². The lowest BCUT2D eigenvalue weighted by molar-refractivity contribution is -0.121. The van der Waals surface area contributed by atoms with E-state index in [0.717, 1.165) is 88.9 Å². The minimum absolute atomic E-state index is 0.0878. The summed E-state index contributed by atoms with van der Waals surface area (Å²) >= 11 is 0. The lowest BCUT2D eigenvalue weighted by Gasteiger charge is -2.23.